The van der Waals surface area contributed by atoms with E-state index in [4.69, 9.17) is 0 Å². The molecule has 5 heteroatoms. The first-order valence-corrected chi connectivity index (χ1v) is 10.8. The summed E-state index contributed by atoms with van der Waals surface area (Å²) >= 11 is 0. The Hall–Kier alpha value is -2.14. The highest BCUT2D eigenvalue weighted by Crippen LogP contribution is 2.34. The van der Waals surface area contributed by atoms with E-state index < -0.39 is 0 Å². The van der Waals surface area contributed by atoms with E-state index in [1.54, 1.807) is 6.20 Å². The largest absolute Gasteiger partial charge is 0.337 e. The second kappa shape index (κ2) is 7.36. The molecule has 4 heterocycles. The average molecular weight is 379 g/mol. The van der Waals surface area contributed by atoms with Gasteiger partial charge in [-0.3, -0.25) is 14.8 Å². The number of piperidine rings is 1. The number of rotatable bonds is 4. The molecule has 6 rings (SSSR count). The van der Waals surface area contributed by atoms with Crippen LogP contribution in [0, 0.1) is 18.8 Å². The Morgan fingerprint density at radius 3 is 2.86 bits per heavy atom. The molecule has 2 bridgehead atoms. The van der Waals surface area contributed by atoms with Crippen LogP contribution >= 0.6 is 0 Å². The SMILES string of the molecule is Cc1cccc(-c2[nH]ncc2C(=O)N2C[C@@H]3CC[C@H](C2)N(CC2CCC2)C3)c1. The third-order valence-electron chi connectivity index (χ3n) is 7.01. The number of fused-ring (bicyclic) bond motifs is 4. The molecule has 4 fully saturated rings. The zero-order valence-electron chi connectivity index (χ0n) is 16.7. The van der Waals surface area contributed by atoms with Crippen LogP contribution in [0.25, 0.3) is 11.3 Å². The van der Waals surface area contributed by atoms with Gasteiger partial charge in [0.25, 0.3) is 5.91 Å². The van der Waals surface area contributed by atoms with Gasteiger partial charge < -0.3 is 4.90 Å². The maximum absolute atomic E-state index is 13.5. The smallest absolute Gasteiger partial charge is 0.257 e. The molecule has 0 radical (unpaired) electrons. The number of benzene rings is 1. The number of nitrogens with zero attached hydrogens (tertiary/aromatic N) is 3. The second-order valence-electron chi connectivity index (χ2n) is 9.09. The molecule has 148 valence electrons. The number of aromatic nitrogens is 2. The fourth-order valence-corrected chi connectivity index (χ4v) is 5.21. The molecule has 1 N–H and O–H groups in total. The first-order valence-electron chi connectivity index (χ1n) is 10.8. The van der Waals surface area contributed by atoms with Crippen LogP contribution in [-0.2, 0) is 0 Å². The lowest BCUT2D eigenvalue weighted by atomic mass is 9.83. The molecule has 1 aromatic carbocycles. The summed E-state index contributed by atoms with van der Waals surface area (Å²) in [5, 5.41) is 7.28. The molecule has 1 amide bonds. The van der Waals surface area contributed by atoms with Gasteiger partial charge in [-0.05, 0) is 50.5 Å². The van der Waals surface area contributed by atoms with E-state index in [-0.39, 0.29) is 5.91 Å². The van der Waals surface area contributed by atoms with Crippen molar-refractivity contribution in [2.75, 3.05) is 26.2 Å². The molecule has 28 heavy (non-hydrogen) atoms. The van der Waals surface area contributed by atoms with Crippen molar-refractivity contribution < 1.29 is 4.79 Å². The molecular formula is C23H30N4O. The Balaban J connectivity index is 1.36. The van der Waals surface area contributed by atoms with Crippen LogP contribution in [0.2, 0.25) is 0 Å². The van der Waals surface area contributed by atoms with Gasteiger partial charge in [-0.1, -0.05) is 30.2 Å². The summed E-state index contributed by atoms with van der Waals surface area (Å²) in [5.41, 5.74) is 3.77. The minimum atomic E-state index is 0.132. The summed E-state index contributed by atoms with van der Waals surface area (Å²) in [4.78, 5) is 18.3. The van der Waals surface area contributed by atoms with Crippen molar-refractivity contribution in [2.24, 2.45) is 11.8 Å². The minimum Gasteiger partial charge on any atom is -0.337 e. The lowest BCUT2D eigenvalue weighted by Crippen LogP contribution is -2.47. The maximum atomic E-state index is 13.5. The molecular weight excluding hydrogens is 348 g/mol. The highest BCUT2D eigenvalue weighted by atomic mass is 16.2. The average Bonchev–Trinajstić information content (AvgIpc) is 2.97. The molecule has 0 unspecified atom stereocenters. The summed E-state index contributed by atoms with van der Waals surface area (Å²) in [7, 11) is 0. The molecule has 0 spiro atoms. The van der Waals surface area contributed by atoms with Gasteiger partial charge in [0.1, 0.15) is 0 Å². The Morgan fingerprint density at radius 1 is 1.18 bits per heavy atom. The lowest BCUT2D eigenvalue weighted by Gasteiger charge is -2.40. The maximum Gasteiger partial charge on any atom is 0.257 e. The Morgan fingerprint density at radius 2 is 2.07 bits per heavy atom. The monoisotopic (exact) mass is 378 g/mol. The number of amides is 1. The first-order chi connectivity index (χ1) is 13.7. The number of hydrogen-bond donors (Lipinski definition) is 1. The number of hydrogen-bond acceptors (Lipinski definition) is 3. The lowest BCUT2D eigenvalue weighted by molar-refractivity contribution is 0.0718. The van der Waals surface area contributed by atoms with Crippen molar-refractivity contribution in [3.8, 4) is 11.3 Å². The van der Waals surface area contributed by atoms with Crippen molar-refractivity contribution in [1.29, 1.82) is 0 Å². The third-order valence-corrected chi connectivity index (χ3v) is 7.01. The van der Waals surface area contributed by atoms with Crippen LogP contribution in [0.3, 0.4) is 0 Å². The molecule has 1 aliphatic carbocycles. The van der Waals surface area contributed by atoms with E-state index in [0.717, 1.165) is 30.3 Å². The predicted octanol–water partition coefficient (Wildman–Crippen LogP) is 3.72. The van der Waals surface area contributed by atoms with Crippen LogP contribution in [0.15, 0.2) is 30.5 Å². The van der Waals surface area contributed by atoms with E-state index >= 15 is 0 Å². The van der Waals surface area contributed by atoms with Crippen molar-refractivity contribution in [3.05, 3.63) is 41.6 Å². The van der Waals surface area contributed by atoms with Gasteiger partial charge in [-0.25, -0.2) is 0 Å². The Kier molecular flexibility index (Phi) is 4.71. The first kappa shape index (κ1) is 17.9. The minimum absolute atomic E-state index is 0.132. The summed E-state index contributed by atoms with van der Waals surface area (Å²) < 4.78 is 0. The van der Waals surface area contributed by atoms with Crippen molar-refractivity contribution in [3.63, 3.8) is 0 Å². The van der Waals surface area contributed by atoms with Crippen molar-refractivity contribution in [2.45, 2.75) is 45.1 Å². The van der Waals surface area contributed by atoms with Crippen LogP contribution in [-0.4, -0.2) is 58.1 Å². The molecule has 2 aromatic rings. The van der Waals surface area contributed by atoms with E-state index in [1.165, 1.54) is 50.8 Å². The topological polar surface area (TPSA) is 52.2 Å². The zero-order chi connectivity index (χ0) is 19.1. The van der Waals surface area contributed by atoms with Crippen LogP contribution < -0.4 is 0 Å². The predicted molar refractivity (Wildman–Crippen MR) is 110 cm³/mol. The van der Waals surface area contributed by atoms with Gasteiger partial charge in [0.2, 0.25) is 0 Å². The van der Waals surface area contributed by atoms with Gasteiger partial charge in [-0.2, -0.15) is 5.10 Å². The standard InChI is InChI=1S/C23H30N4O/c1-16-4-2-7-19(10-16)22-21(11-24-25-22)23(28)27-14-18-8-9-20(15-27)26(13-18)12-17-5-3-6-17/h2,4,7,10-11,17-18,20H,3,5-6,8-9,12-15H2,1H3,(H,24,25)/t18-,20-/m1/s1. The number of aromatic amines is 1. The van der Waals surface area contributed by atoms with Crippen molar-refractivity contribution >= 4 is 5.91 Å². The molecule has 3 saturated heterocycles. The van der Waals surface area contributed by atoms with Crippen LogP contribution in [0.4, 0.5) is 0 Å². The third kappa shape index (κ3) is 3.37. The fraction of sp³-hybridized carbons (Fsp3) is 0.565. The molecule has 1 saturated carbocycles. The normalized spacial score (nSPS) is 25.5. The van der Waals surface area contributed by atoms with E-state index in [0.29, 0.717) is 17.5 Å². The van der Waals surface area contributed by atoms with Gasteiger partial charge >= 0.3 is 0 Å². The highest BCUT2D eigenvalue weighted by Gasteiger charge is 2.38. The van der Waals surface area contributed by atoms with E-state index in [9.17, 15) is 4.79 Å². The number of carbonyl (C=O) groups is 1. The van der Waals surface area contributed by atoms with Crippen LogP contribution in [0.5, 0.6) is 0 Å². The van der Waals surface area contributed by atoms with E-state index in [1.807, 2.05) is 12.1 Å². The highest BCUT2D eigenvalue weighted by molar-refractivity contribution is 5.99. The fourth-order valence-electron chi connectivity index (χ4n) is 5.21. The number of carbonyl (C=O) groups excluding carboxylic acids is 1. The number of nitrogens with one attached hydrogen (secondary N) is 1. The van der Waals surface area contributed by atoms with Gasteiger partial charge in [0, 0.05) is 37.8 Å². The molecule has 4 aliphatic rings. The second-order valence-corrected chi connectivity index (χ2v) is 9.09. The Labute approximate surface area is 167 Å². The number of aryl methyl sites for hydroxylation is 1. The zero-order valence-corrected chi connectivity index (χ0v) is 16.7. The van der Waals surface area contributed by atoms with Gasteiger partial charge in [-0.15, -0.1) is 0 Å². The molecule has 2 atom stereocenters. The summed E-state index contributed by atoms with van der Waals surface area (Å²) in [6, 6.07) is 8.78. The van der Waals surface area contributed by atoms with Gasteiger partial charge in [0.15, 0.2) is 0 Å². The Bertz CT molecular complexity index is 856. The summed E-state index contributed by atoms with van der Waals surface area (Å²) in [6.45, 7) is 6.23. The van der Waals surface area contributed by atoms with Gasteiger partial charge in [0.05, 0.1) is 17.5 Å². The number of H-pyrrole nitrogens is 1. The van der Waals surface area contributed by atoms with Crippen LogP contribution in [0.1, 0.15) is 48.0 Å². The molecule has 1 aromatic heterocycles. The van der Waals surface area contributed by atoms with Crippen molar-refractivity contribution in [1.82, 2.24) is 20.0 Å². The molecule has 3 aliphatic heterocycles. The summed E-state index contributed by atoms with van der Waals surface area (Å²) in [5.74, 6) is 1.63. The summed E-state index contributed by atoms with van der Waals surface area (Å²) in [6.07, 6.45) is 8.39. The molecule has 5 nitrogen and oxygen atoms in total. The van der Waals surface area contributed by atoms with E-state index in [2.05, 4.69) is 39.1 Å². The quantitative estimate of drug-likeness (QED) is 0.882.